The van der Waals surface area contributed by atoms with Crippen LogP contribution in [-0.4, -0.2) is 52.7 Å². The van der Waals surface area contributed by atoms with Crippen molar-refractivity contribution in [2.45, 2.75) is 27.7 Å². The summed E-state index contributed by atoms with van der Waals surface area (Å²) in [5.41, 5.74) is 1.21. The minimum Gasteiger partial charge on any atom is -0.339 e. The Hall–Kier alpha value is -2.22. The van der Waals surface area contributed by atoms with Crippen molar-refractivity contribution in [3.05, 3.63) is 38.8 Å². The molecule has 0 aromatic carbocycles. The summed E-state index contributed by atoms with van der Waals surface area (Å²) in [6.07, 6.45) is 2.19. The van der Waals surface area contributed by atoms with E-state index in [1.54, 1.807) is 4.90 Å². The molecule has 7 nitrogen and oxygen atoms in total. The van der Waals surface area contributed by atoms with Gasteiger partial charge >= 0.3 is 5.00 Å². The fourth-order valence-electron chi connectivity index (χ4n) is 3.84. The first kappa shape index (κ1) is 19.5. The molecule has 1 aromatic rings. The zero-order valence-electron chi connectivity index (χ0n) is 16.1. The van der Waals surface area contributed by atoms with Gasteiger partial charge in [-0.1, -0.05) is 36.8 Å². The lowest BCUT2D eigenvalue weighted by molar-refractivity contribution is -0.380. The van der Waals surface area contributed by atoms with Gasteiger partial charge in [0.05, 0.1) is 15.7 Å². The maximum Gasteiger partial charge on any atom is 0.324 e. The highest BCUT2D eigenvalue weighted by molar-refractivity contribution is 7.17. The molecule has 1 aliphatic carbocycles. The predicted molar refractivity (Wildman–Crippen MR) is 104 cm³/mol. The summed E-state index contributed by atoms with van der Waals surface area (Å²) in [6.45, 7) is 10.3. The average Bonchev–Trinajstić information content (AvgIpc) is 2.98. The van der Waals surface area contributed by atoms with Crippen LogP contribution in [0.25, 0.3) is 0 Å². The highest BCUT2D eigenvalue weighted by Crippen LogP contribution is 2.60. The Bertz CT molecular complexity index is 802. The number of carbonyl (C=O) groups is 2. The Morgan fingerprint density at radius 3 is 2.30 bits per heavy atom. The van der Waals surface area contributed by atoms with E-state index < -0.39 is 4.92 Å². The minimum absolute atomic E-state index is 0.00889. The van der Waals surface area contributed by atoms with E-state index in [0.29, 0.717) is 31.1 Å². The molecule has 3 rings (SSSR count). The molecule has 0 spiro atoms. The molecule has 2 aliphatic rings. The summed E-state index contributed by atoms with van der Waals surface area (Å²) in [5, 5.41) is 10.8. The van der Waals surface area contributed by atoms with Crippen molar-refractivity contribution in [3.8, 4) is 0 Å². The molecule has 0 bridgehead atoms. The summed E-state index contributed by atoms with van der Waals surface area (Å²) >= 11 is 0.893. The number of hydrogen-bond donors (Lipinski definition) is 0. The first-order valence-corrected chi connectivity index (χ1v) is 9.92. The second-order valence-corrected chi connectivity index (χ2v) is 9.14. The number of piperazine rings is 1. The lowest BCUT2D eigenvalue weighted by Crippen LogP contribution is -2.51. The van der Waals surface area contributed by atoms with E-state index in [1.807, 2.05) is 4.90 Å². The molecule has 0 N–H and O–H groups in total. The van der Waals surface area contributed by atoms with Crippen LogP contribution >= 0.6 is 11.3 Å². The Labute approximate surface area is 162 Å². The van der Waals surface area contributed by atoms with E-state index in [0.717, 1.165) is 11.3 Å². The van der Waals surface area contributed by atoms with Gasteiger partial charge in [0.1, 0.15) is 0 Å². The summed E-state index contributed by atoms with van der Waals surface area (Å²) in [7, 11) is 0. The van der Waals surface area contributed by atoms with Crippen LogP contribution in [0.5, 0.6) is 0 Å². The molecule has 0 radical (unpaired) electrons. The van der Waals surface area contributed by atoms with Gasteiger partial charge in [-0.05, 0) is 31.2 Å². The van der Waals surface area contributed by atoms with Gasteiger partial charge < -0.3 is 9.80 Å². The number of nitrogens with zero attached hydrogens (tertiary/aromatic N) is 3. The van der Waals surface area contributed by atoms with Gasteiger partial charge in [0.25, 0.3) is 5.91 Å². The van der Waals surface area contributed by atoms with Crippen LogP contribution in [0.3, 0.4) is 0 Å². The Morgan fingerprint density at radius 2 is 1.78 bits per heavy atom. The smallest absolute Gasteiger partial charge is 0.324 e. The quantitative estimate of drug-likeness (QED) is 0.448. The molecule has 1 aliphatic heterocycles. The third-order valence-corrected chi connectivity index (χ3v) is 6.58. The Balaban J connectivity index is 1.59. The molecule has 1 saturated carbocycles. The van der Waals surface area contributed by atoms with Gasteiger partial charge in [-0.25, -0.2) is 0 Å². The van der Waals surface area contributed by atoms with Gasteiger partial charge in [-0.15, -0.1) is 0 Å². The number of thiophene rings is 1. The second kappa shape index (κ2) is 7.07. The third-order valence-electron chi connectivity index (χ3n) is 5.55. The maximum absolute atomic E-state index is 12.9. The monoisotopic (exact) mass is 391 g/mol. The van der Waals surface area contributed by atoms with Crippen molar-refractivity contribution in [1.82, 2.24) is 9.80 Å². The number of nitro groups is 1. The summed E-state index contributed by atoms with van der Waals surface area (Å²) in [4.78, 5) is 39.6. The van der Waals surface area contributed by atoms with Crippen LogP contribution in [0.2, 0.25) is 0 Å². The minimum atomic E-state index is -0.488. The molecule has 2 amide bonds. The topological polar surface area (TPSA) is 83.8 Å². The van der Waals surface area contributed by atoms with Gasteiger partial charge in [0, 0.05) is 32.2 Å². The molecule has 8 heteroatoms. The highest BCUT2D eigenvalue weighted by Gasteiger charge is 2.61. The molecular formula is C19H25N3O4S. The number of amides is 2. The molecule has 2 fully saturated rings. The van der Waals surface area contributed by atoms with Crippen molar-refractivity contribution in [2.75, 3.05) is 26.2 Å². The van der Waals surface area contributed by atoms with Crippen molar-refractivity contribution in [1.29, 1.82) is 0 Å². The zero-order chi connectivity index (χ0) is 19.9. The van der Waals surface area contributed by atoms with E-state index >= 15 is 0 Å². The standard InChI is InChI=1S/C19H25N3O4S/c1-12(2)11-13-16(19(13,3)4)18(24)21-9-7-20(8-10-21)17(23)14-5-6-15(27-14)22(25)26/h5-6,11,13,16H,7-10H2,1-4H3/t13-,16-/m1/s1. The van der Waals surface area contributed by atoms with Crippen molar-refractivity contribution in [2.24, 2.45) is 17.3 Å². The van der Waals surface area contributed by atoms with E-state index in [2.05, 4.69) is 33.8 Å². The van der Waals surface area contributed by atoms with Crippen LogP contribution in [0.1, 0.15) is 37.4 Å². The van der Waals surface area contributed by atoms with Crippen molar-refractivity contribution in [3.63, 3.8) is 0 Å². The van der Waals surface area contributed by atoms with Gasteiger partial charge in [0.2, 0.25) is 5.91 Å². The van der Waals surface area contributed by atoms with E-state index in [9.17, 15) is 19.7 Å². The Kier molecular flexibility index (Phi) is 5.12. The van der Waals surface area contributed by atoms with Crippen LogP contribution in [0.15, 0.2) is 23.8 Å². The fraction of sp³-hybridized carbons (Fsp3) is 0.579. The molecule has 1 saturated heterocycles. The molecular weight excluding hydrogens is 366 g/mol. The van der Waals surface area contributed by atoms with E-state index in [1.165, 1.54) is 17.7 Å². The summed E-state index contributed by atoms with van der Waals surface area (Å²) in [6, 6.07) is 2.86. The molecule has 27 heavy (non-hydrogen) atoms. The number of rotatable bonds is 4. The number of carbonyl (C=O) groups excluding carboxylic acids is 2. The van der Waals surface area contributed by atoms with Crippen molar-refractivity contribution >= 4 is 28.2 Å². The highest BCUT2D eigenvalue weighted by atomic mass is 32.1. The van der Waals surface area contributed by atoms with Crippen LogP contribution < -0.4 is 0 Å². The molecule has 2 atom stereocenters. The first-order valence-electron chi connectivity index (χ1n) is 9.10. The van der Waals surface area contributed by atoms with Gasteiger partial charge in [0.15, 0.2) is 0 Å². The SMILES string of the molecule is CC(C)=C[C@@H]1[C@H](C(=O)N2CCN(C(=O)c3ccc([N+](=O)[O-])s3)CC2)C1(C)C. The van der Waals surface area contributed by atoms with Gasteiger partial charge in [-0.2, -0.15) is 0 Å². The number of allylic oxidation sites excluding steroid dienone is 2. The molecule has 2 heterocycles. The molecule has 1 aromatic heterocycles. The van der Waals surface area contributed by atoms with Crippen LogP contribution in [-0.2, 0) is 4.79 Å². The van der Waals surface area contributed by atoms with Crippen LogP contribution in [0.4, 0.5) is 5.00 Å². The normalized spacial score (nSPS) is 23.7. The molecule has 0 unspecified atom stereocenters. The fourth-order valence-corrected chi connectivity index (χ4v) is 4.63. The van der Waals surface area contributed by atoms with Crippen LogP contribution in [0, 0.1) is 27.4 Å². The van der Waals surface area contributed by atoms with E-state index in [4.69, 9.17) is 0 Å². The first-order chi connectivity index (χ1) is 12.6. The largest absolute Gasteiger partial charge is 0.339 e. The summed E-state index contributed by atoms with van der Waals surface area (Å²) < 4.78 is 0. The van der Waals surface area contributed by atoms with Crippen molar-refractivity contribution < 1.29 is 14.5 Å². The predicted octanol–water partition coefficient (Wildman–Crippen LogP) is 3.18. The maximum atomic E-state index is 12.9. The van der Waals surface area contributed by atoms with Gasteiger partial charge in [-0.3, -0.25) is 19.7 Å². The zero-order valence-corrected chi connectivity index (χ0v) is 16.9. The lowest BCUT2D eigenvalue weighted by atomic mass is 10.1. The summed E-state index contributed by atoms with van der Waals surface area (Å²) in [5.74, 6) is 0.256. The lowest BCUT2D eigenvalue weighted by Gasteiger charge is -2.35. The third kappa shape index (κ3) is 3.76. The average molecular weight is 391 g/mol. The van der Waals surface area contributed by atoms with E-state index in [-0.39, 0.29) is 34.1 Å². The Morgan fingerprint density at radius 1 is 1.19 bits per heavy atom. The molecule has 146 valence electrons. The number of hydrogen-bond acceptors (Lipinski definition) is 5. The second-order valence-electron chi connectivity index (χ2n) is 8.08.